The Bertz CT molecular complexity index is 1150. The molecule has 0 bridgehead atoms. The average Bonchev–Trinajstić information content (AvgIpc) is 2.68. The molecule has 0 aliphatic heterocycles. The van der Waals surface area contributed by atoms with Gasteiger partial charge in [-0.1, -0.05) is 41.9 Å². The standard InChI is InChI=1S/C20H11ClF3N3O/c21-18-13-8-25-10-26-19(13)27-20(28-9-11-4-2-1-3-5-11)17(18)16-14(23)6-12(22)7-15(16)24/h1-8,10H,9H2. The first-order valence-corrected chi connectivity index (χ1v) is 8.53. The third-order valence-corrected chi connectivity index (χ3v) is 4.44. The zero-order valence-corrected chi connectivity index (χ0v) is 14.9. The highest BCUT2D eigenvalue weighted by Gasteiger charge is 2.24. The van der Waals surface area contributed by atoms with Gasteiger partial charge in [0.05, 0.1) is 21.5 Å². The first-order valence-electron chi connectivity index (χ1n) is 8.15. The number of pyridine rings is 1. The summed E-state index contributed by atoms with van der Waals surface area (Å²) < 4.78 is 48.0. The van der Waals surface area contributed by atoms with Crippen molar-refractivity contribution in [2.24, 2.45) is 0 Å². The van der Waals surface area contributed by atoms with E-state index in [9.17, 15) is 13.2 Å². The predicted octanol–water partition coefficient (Wildman–Crippen LogP) is 5.34. The Kier molecular flexibility index (Phi) is 4.83. The van der Waals surface area contributed by atoms with Gasteiger partial charge in [0.2, 0.25) is 5.88 Å². The number of nitrogens with zero attached hydrogens (tertiary/aromatic N) is 3. The number of fused-ring (bicyclic) bond motifs is 1. The van der Waals surface area contributed by atoms with E-state index in [1.54, 1.807) is 0 Å². The number of benzene rings is 2. The molecule has 0 amide bonds. The molecule has 2 heterocycles. The Morgan fingerprint density at radius 1 is 0.964 bits per heavy atom. The molecule has 2 aromatic heterocycles. The van der Waals surface area contributed by atoms with E-state index in [4.69, 9.17) is 16.3 Å². The largest absolute Gasteiger partial charge is 0.472 e. The van der Waals surface area contributed by atoms with Gasteiger partial charge in [-0.2, -0.15) is 4.98 Å². The topological polar surface area (TPSA) is 47.9 Å². The maximum Gasteiger partial charge on any atom is 0.225 e. The van der Waals surface area contributed by atoms with E-state index in [-0.39, 0.29) is 34.1 Å². The molecule has 0 saturated carbocycles. The number of aromatic nitrogens is 3. The molecule has 8 heteroatoms. The minimum absolute atomic E-state index is 0.0435. The number of rotatable bonds is 4. The Labute approximate surface area is 162 Å². The van der Waals surface area contributed by atoms with E-state index in [0.29, 0.717) is 12.1 Å². The van der Waals surface area contributed by atoms with Gasteiger partial charge in [0, 0.05) is 18.3 Å². The predicted molar refractivity (Wildman–Crippen MR) is 98.4 cm³/mol. The van der Waals surface area contributed by atoms with Crippen LogP contribution in [-0.2, 0) is 6.61 Å². The lowest BCUT2D eigenvalue weighted by Crippen LogP contribution is -2.03. The Morgan fingerprint density at radius 3 is 2.39 bits per heavy atom. The summed E-state index contributed by atoms with van der Waals surface area (Å²) in [7, 11) is 0. The molecule has 0 fully saturated rings. The van der Waals surface area contributed by atoms with Crippen LogP contribution in [0.3, 0.4) is 0 Å². The molecule has 0 aliphatic rings. The van der Waals surface area contributed by atoms with Crippen molar-refractivity contribution in [2.75, 3.05) is 0 Å². The van der Waals surface area contributed by atoms with Gasteiger partial charge in [0.25, 0.3) is 0 Å². The van der Waals surface area contributed by atoms with Gasteiger partial charge in [0.1, 0.15) is 30.4 Å². The quantitative estimate of drug-likeness (QED) is 0.463. The molecule has 0 N–H and O–H groups in total. The molecule has 0 atom stereocenters. The Hall–Kier alpha value is -3.19. The summed E-state index contributed by atoms with van der Waals surface area (Å²) in [5.41, 5.74) is 0.353. The number of hydrogen-bond donors (Lipinski definition) is 0. The average molecular weight is 402 g/mol. The molecule has 140 valence electrons. The first kappa shape index (κ1) is 18.2. The van der Waals surface area contributed by atoms with E-state index in [1.165, 1.54) is 12.5 Å². The number of hydrogen-bond acceptors (Lipinski definition) is 4. The number of ether oxygens (including phenoxy) is 1. The molecule has 0 radical (unpaired) electrons. The van der Waals surface area contributed by atoms with Crippen molar-refractivity contribution in [3.63, 3.8) is 0 Å². The van der Waals surface area contributed by atoms with Crippen LogP contribution in [0.1, 0.15) is 5.56 Å². The lowest BCUT2D eigenvalue weighted by molar-refractivity contribution is 0.296. The third kappa shape index (κ3) is 3.36. The zero-order chi connectivity index (χ0) is 19.7. The van der Waals surface area contributed by atoms with Crippen molar-refractivity contribution in [3.05, 3.63) is 83.0 Å². The molecule has 0 spiro atoms. The van der Waals surface area contributed by atoms with Crippen LogP contribution in [-0.4, -0.2) is 15.0 Å². The Balaban J connectivity index is 1.91. The van der Waals surface area contributed by atoms with Crippen molar-refractivity contribution in [2.45, 2.75) is 6.61 Å². The number of halogens is 4. The molecule has 4 rings (SSSR count). The van der Waals surface area contributed by atoms with Gasteiger partial charge in [-0.3, -0.25) is 0 Å². The highest BCUT2D eigenvalue weighted by atomic mass is 35.5. The normalized spacial score (nSPS) is 11.0. The van der Waals surface area contributed by atoms with Gasteiger partial charge in [-0.25, -0.2) is 23.1 Å². The van der Waals surface area contributed by atoms with Gasteiger partial charge in [-0.05, 0) is 5.56 Å². The molecule has 2 aromatic carbocycles. The minimum atomic E-state index is -1.12. The summed E-state index contributed by atoms with van der Waals surface area (Å²) in [5, 5.41) is 0.243. The van der Waals surface area contributed by atoms with Crippen molar-refractivity contribution in [1.29, 1.82) is 0 Å². The summed E-state index contributed by atoms with van der Waals surface area (Å²) >= 11 is 6.42. The molecule has 4 aromatic rings. The Morgan fingerprint density at radius 2 is 1.68 bits per heavy atom. The summed E-state index contributed by atoms with van der Waals surface area (Å²) in [4.78, 5) is 12.1. The first-order chi connectivity index (χ1) is 13.5. The van der Waals surface area contributed by atoms with E-state index in [1.807, 2.05) is 30.3 Å². The van der Waals surface area contributed by atoms with E-state index >= 15 is 0 Å². The second-order valence-corrected chi connectivity index (χ2v) is 6.26. The summed E-state index contributed by atoms with van der Waals surface area (Å²) in [6, 6.07) is 10.3. The molecular formula is C20H11ClF3N3O. The van der Waals surface area contributed by atoms with Gasteiger partial charge in [-0.15, -0.1) is 0 Å². The van der Waals surface area contributed by atoms with E-state index in [2.05, 4.69) is 15.0 Å². The van der Waals surface area contributed by atoms with Gasteiger partial charge >= 0.3 is 0 Å². The van der Waals surface area contributed by atoms with Crippen molar-refractivity contribution in [1.82, 2.24) is 15.0 Å². The zero-order valence-electron chi connectivity index (χ0n) is 14.2. The fourth-order valence-electron chi connectivity index (χ4n) is 2.78. The molecule has 28 heavy (non-hydrogen) atoms. The second-order valence-electron chi connectivity index (χ2n) is 5.88. The maximum atomic E-state index is 14.5. The van der Waals surface area contributed by atoms with E-state index < -0.39 is 23.0 Å². The van der Waals surface area contributed by atoms with Crippen molar-refractivity contribution in [3.8, 4) is 17.0 Å². The van der Waals surface area contributed by atoms with Crippen LogP contribution in [0.4, 0.5) is 13.2 Å². The maximum absolute atomic E-state index is 14.5. The van der Waals surface area contributed by atoms with Crippen molar-refractivity contribution < 1.29 is 17.9 Å². The highest BCUT2D eigenvalue weighted by molar-refractivity contribution is 6.38. The lowest BCUT2D eigenvalue weighted by atomic mass is 10.0. The minimum Gasteiger partial charge on any atom is -0.472 e. The fourth-order valence-corrected chi connectivity index (χ4v) is 3.08. The molecular weight excluding hydrogens is 391 g/mol. The smallest absolute Gasteiger partial charge is 0.225 e. The van der Waals surface area contributed by atoms with Crippen molar-refractivity contribution >= 4 is 22.6 Å². The van der Waals surface area contributed by atoms with Crippen LogP contribution in [0.15, 0.2) is 55.0 Å². The summed E-state index contributed by atoms with van der Waals surface area (Å²) in [5.74, 6) is -3.41. The van der Waals surface area contributed by atoms with Crippen LogP contribution < -0.4 is 4.74 Å². The third-order valence-electron chi connectivity index (χ3n) is 4.04. The van der Waals surface area contributed by atoms with E-state index in [0.717, 1.165) is 5.56 Å². The summed E-state index contributed by atoms with van der Waals surface area (Å²) in [6.07, 6.45) is 2.65. The van der Waals surface area contributed by atoms with Crippen LogP contribution in [0, 0.1) is 17.5 Å². The SMILES string of the molecule is Fc1cc(F)c(-c2c(OCc3ccccc3)nc3ncncc3c2Cl)c(F)c1. The fraction of sp³-hybridized carbons (Fsp3) is 0.0500. The second kappa shape index (κ2) is 7.44. The molecule has 0 saturated heterocycles. The van der Waals surface area contributed by atoms with Crippen LogP contribution in [0.25, 0.3) is 22.2 Å². The monoisotopic (exact) mass is 401 g/mol. The lowest BCUT2D eigenvalue weighted by Gasteiger charge is -2.15. The molecule has 4 nitrogen and oxygen atoms in total. The van der Waals surface area contributed by atoms with Gasteiger partial charge < -0.3 is 4.74 Å². The van der Waals surface area contributed by atoms with Gasteiger partial charge in [0.15, 0.2) is 5.65 Å². The van der Waals surface area contributed by atoms with Crippen LogP contribution in [0.2, 0.25) is 5.02 Å². The summed E-state index contributed by atoms with van der Waals surface area (Å²) in [6.45, 7) is 0.0815. The highest BCUT2D eigenvalue weighted by Crippen LogP contribution is 2.41. The molecule has 0 aliphatic carbocycles. The molecule has 0 unspecified atom stereocenters. The van der Waals surface area contributed by atoms with Crippen LogP contribution in [0.5, 0.6) is 5.88 Å². The van der Waals surface area contributed by atoms with Crippen LogP contribution >= 0.6 is 11.6 Å².